The largest absolute Gasteiger partial charge is 0.305 e. The van der Waals surface area contributed by atoms with Gasteiger partial charge < -0.3 is 4.98 Å². The summed E-state index contributed by atoms with van der Waals surface area (Å²) >= 11 is 0. The van der Waals surface area contributed by atoms with E-state index in [9.17, 15) is 0 Å². The molecule has 0 amide bonds. The fourth-order valence-electron chi connectivity index (χ4n) is 5.73. The molecule has 0 saturated carbocycles. The average Bonchev–Trinajstić information content (AvgIpc) is 3.20. The van der Waals surface area contributed by atoms with Crippen molar-refractivity contribution in [2.45, 2.75) is 0 Å². The molecule has 6 aromatic carbocycles. The third kappa shape index (κ3) is 8.41. The maximum atomic E-state index is 4.45. The van der Waals surface area contributed by atoms with Crippen molar-refractivity contribution in [2.75, 3.05) is 0 Å². The molecule has 1 radical (unpaired) electrons. The number of hydrogen-bond donors (Lipinski definition) is 0. The summed E-state index contributed by atoms with van der Waals surface area (Å²) in [5, 5.41) is 0. The molecule has 8 rings (SSSR count). The van der Waals surface area contributed by atoms with E-state index in [0.717, 1.165) is 22.5 Å². The van der Waals surface area contributed by atoms with Gasteiger partial charge >= 0.3 is 0 Å². The van der Waals surface area contributed by atoms with Crippen LogP contribution in [0.15, 0.2) is 200 Å². The Bertz CT molecular complexity index is 1890. The first-order valence-electron chi connectivity index (χ1n) is 16.1. The predicted octanol–water partition coefficient (Wildman–Crippen LogP) is 12.0. The first kappa shape index (κ1) is 33.2. The third-order valence-electron chi connectivity index (χ3n) is 8.17. The molecule has 0 aliphatic heterocycles. The van der Waals surface area contributed by atoms with E-state index >= 15 is 0 Å². The Morgan fingerprint density at radius 1 is 0.306 bits per heavy atom. The number of rotatable bonds is 6. The Balaban J connectivity index is 0.000000167. The van der Waals surface area contributed by atoms with Crippen molar-refractivity contribution in [3.05, 3.63) is 207 Å². The van der Waals surface area contributed by atoms with Crippen LogP contribution in [-0.2, 0) is 20.1 Å². The fourth-order valence-corrected chi connectivity index (χ4v) is 5.73. The Hall–Kier alpha value is -5.73. The summed E-state index contributed by atoms with van der Waals surface area (Å²) in [5.74, 6) is 0. The van der Waals surface area contributed by atoms with Crippen LogP contribution in [0.25, 0.3) is 67.0 Å². The summed E-state index contributed by atoms with van der Waals surface area (Å²) in [6.07, 6.45) is 3.64. The summed E-state index contributed by atoms with van der Waals surface area (Å²) in [6, 6.07) is 68.2. The summed E-state index contributed by atoms with van der Waals surface area (Å²) in [7, 11) is 0. The monoisotopic (exact) mass is 806 g/mol. The number of nitrogens with zero attached hydrogens (tertiary/aromatic N) is 2. The SMILES string of the molecule is [Ir].[c-]1ccc(-c2cccc(-c3ccccc3)c2)cc1-c1ccccn1.c1ccc(-c2cccc(-c3cccc(-c4ccccn4)c3)c2)cc1. The van der Waals surface area contributed by atoms with Gasteiger partial charge in [0.2, 0.25) is 0 Å². The molecule has 2 aromatic heterocycles. The van der Waals surface area contributed by atoms with Gasteiger partial charge in [-0.2, -0.15) is 0 Å². The van der Waals surface area contributed by atoms with Crippen LogP contribution in [0.2, 0.25) is 0 Å². The summed E-state index contributed by atoms with van der Waals surface area (Å²) in [5.41, 5.74) is 13.8. The molecule has 0 unspecified atom stereocenters. The maximum Gasteiger partial charge on any atom is 0.0702 e. The molecule has 0 saturated heterocycles. The standard InChI is InChI=1S/C23H17N.C23H16N.Ir/c2*1-2-8-18(9-3-1)19-10-6-11-20(16-19)21-12-7-13-22(17-21)23-14-4-5-15-24-23;/h1-17H;1-12,14-17H;/q;-1;. The molecule has 0 spiro atoms. The molecule has 2 nitrogen and oxygen atoms in total. The van der Waals surface area contributed by atoms with Gasteiger partial charge in [-0.25, -0.2) is 0 Å². The van der Waals surface area contributed by atoms with E-state index in [1.807, 2.05) is 67.0 Å². The van der Waals surface area contributed by atoms with E-state index in [2.05, 4.69) is 149 Å². The number of pyridine rings is 2. The molecule has 0 fully saturated rings. The molecule has 49 heavy (non-hydrogen) atoms. The quantitative estimate of drug-likeness (QED) is 0.156. The van der Waals surface area contributed by atoms with Crippen molar-refractivity contribution in [3.63, 3.8) is 0 Å². The Labute approximate surface area is 302 Å². The van der Waals surface area contributed by atoms with Crippen molar-refractivity contribution in [3.8, 4) is 67.0 Å². The zero-order valence-corrected chi connectivity index (χ0v) is 29.2. The fraction of sp³-hybridized carbons (Fsp3) is 0. The Kier molecular flexibility index (Phi) is 11.1. The number of aromatic nitrogens is 2. The zero-order chi connectivity index (χ0) is 32.4. The van der Waals surface area contributed by atoms with Crippen molar-refractivity contribution in [1.82, 2.24) is 9.97 Å². The third-order valence-corrected chi connectivity index (χ3v) is 8.17. The topological polar surface area (TPSA) is 25.8 Å². The smallest absolute Gasteiger partial charge is 0.0702 e. The van der Waals surface area contributed by atoms with Gasteiger partial charge in [0, 0.05) is 38.1 Å². The molecule has 0 N–H and O–H groups in total. The van der Waals surface area contributed by atoms with Crippen LogP contribution >= 0.6 is 0 Å². The van der Waals surface area contributed by atoms with Crippen LogP contribution in [0.5, 0.6) is 0 Å². The minimum atomic E-state index is 0. The van der Waals surface area contributed by atoms with Crippen LogP contribution in [0.4, 0.5) is 0 Å². The van der Waals surface area contributed by atoms with E-state index in [4.69, 9.17) is 0 Å². The minimum absolute atomic E-state index is 0. The molecule has 0 bridgehead atoms. The summed E-state index contributed by atoms with van der Waals surface area (Å²) in [4.78, 5) is 8.87. The van der Waals surface area contributed by atoms with Crippen LogP contribution in [0.3, 0.4) is 0 Å². The van der Waals surface area contributed by atoms with Gasteiger partial charge in [0.1, 0.15) is 0 Å². The van der Waals surface area contributed by atoms with Gasteiger partial charge in [-0.1, -0.05) is 133 Å². The first-order valence-corrected chi connectivity index (χ1v) is 16.1. The van der Waals surface area contributed by atoms with E-state index in [0.29, 0.717) is 0 Å². The van der Waals surface area contributed by atoms with Crippen LogP contribution < -0.4 is 0 Å². The van der Waals surface area contributed by atoms with Crippen LogP contribution in [0.1, 0.15) is 0 Å². The maximum absolute atomic E-state index is 4.45. The van der Waals surface area contributed by atoms with Crippen molar-refractivity contribution in [1.29, 1.82) is 0 Å². The zero-order valence-electron chi connectivity index (χ0n) is 26.8. The molecule has 0 aliphatic carbocycles. The molecule has 0 aliphatic rings. The van der Waals surface area contributed by atoms with E-state index in [1.54, 1.807) is 0 Å². The van der Waals surface area contributed by atoms with Gasteiger partial charge in [-0.3, -0.25) is 4.98 Å². The Morgan fingerprint density at radius 3 is 1.18 bits per heavy atom. The second kappa shape index (κ2) is 16.4. The molecule has 8 aromatic rings. The molecule has 237 valence electrons. The van der Waals surface area contributed by atoms with E-state index in [-0.39, 0.29) is 20.1 Å². The van der Waals surface area contributed by atoms with Crippen molar-refractivity contribution in [2.24, 2.45) is 0 Å². The van der Waals surface area contributed by atoms with Crippen LogP contribution in [0, 0.1) is 6.07 Å². The Morgan fingerprint density at radius 2 is 0.694 bits per heavy atom. The van der Waals surface area contributed by atoms with Gasteiger partial charge in [-0.05, 0) is 81.0 Å². The van der Waals surface area contributed by atoms with Crippen molar-refractivity contribution >= 4 is 0 Å². The second-order valence-electron chi connectivity index (χ2n) is 11.4. The normalized spacial score (nSPS) is 10.3. The summed E-state index contributed by atoms with van der Waals surface area (Å²) < 4.78 is 0. The second-order valence-corrected chi connectivity index (χ2v) is 11.4. The number of hydrogen-bond acceptors (Lipinski definition) is 2. The molecular weight excluding hydrogens is 773 g/mol. The molecular formula is C46H33IrN2-. The minimum Gasteiger partial charge on any atom is -0.305 e. The predicted molar refractivity (Wildman–Crippen MR) is 200 cm³/mol. The van der Waals surface area contributed by atoms with Gasteiger partial charge in [-0.15, -0.1) is 35.4 Å². The molecule has 3 heteroatoms. The van der Waals surface area contributed by atoms with E-state index in [1.165, 1.54) is 44.5 Å². The molecule has 0 atom stereocenters. The van der Waals surface area contributed by atoms with Gasteiger partial charge in [0.05, 0.1) is 5.69 Å². The van der Waals surface area contributed by atoms with Gasteiger partial charge in [0.15, 0.2) is 0 Å². The van der Waals surface area contributed by atoms with Gasteiger partial charge in [0.25, 0.3) is 0 Å². The first-order chi connectivity index (χ1) is 23.8. The van der Waals surface area contributed by atoms with Crippen LogP contribution in [-0.4, -0.2) is 9.97 Å². The average molecular weight is 806 g/mol. The van der Waals surface area contributed by atoms with E-state index < -0.39 is 0 Å². The number of benzene rings is 6. The molecule has 2 heterocycles. The summed E-state index contributed by atoms with van der Waals surface area (Å²) in [6.45, 7) is 0. The van der Waals surface area contributed by atoms with Crippen molar-refractivity contribution < 1.29 is 20.1 Å².